The zero-order valence-electron chi connectivity index (χ0n) is 11.0. The van der Waals surface area contributed by atoms with Crippen LogP contribution in [0, 0.1) is 0 Å². The van der Waals surface area contributed by atoms with E-state index in [2.05, 4.69) is 5.32 Å². The number of methoxy groups -OCH3 is 2. The zero-order valence-corrected chi connectivity index (χ0v) is 11.0. The van der Waals surface area contributed by atoms with Crippen molar-refractivity contribution in [2.75, 3.05) is 14.2 Å². The van der Waals surface area contributed by atoms with Gasteiger partial charge in [0.25, 0.3) is 0 Å². The van der Waals surface area contributed by atoms with E-state index < -0.39 is 0 Å². The molecule has 1 aromatic heterocycles. The van der Waals surface area contributed by atoms with Gasteiger partial charge in [0, 0.05) is 19.6 Å². The summed E-state index contributed by atoms with van der Waals surface area (Å²) in [7, 11) is 3.26. The standard InChI is InChI=1S/C14H19NO3/c1-10(14(16-2)17-3)15-9-12-8-11-6-4-5-7-13(11)18-12/h4-8,10,14-15H,9H2,1-3H3. The van der Waals surface area contributed by atoms with Gasteiger partial charge in [-0.1, -0.05) is 18.2 Å². The van der Waals surface area contributed by atoms with Crippen molar-refractivity contribution in [2.24, 2.45) is 0 Å². The van der Waals surface area contributed by atoms with Crippen LogP contribution in [0.3, 0.4) is 0 Å². The van der Waals surface area contributed by atoms with Crippen molar-refractivity contribution in [2.45, 2.75) is 25.8 Å². The van der Waals surface area contributed by atoms with Crippen LogP contribution in [0.25, 0.3) is 11.0 Å². The molecule has 1 unspecified atom stereocenters. The van der Waals surface area contributed by atoms with Gasteiger partial charge in [-0.05, 0) is 19.1 Å². The van der Waals surface area contributed by atoms with E-state index >= 15 is 0 Å². The number of hydrogen-bond acceptors (Lipinski definition) is 4. The van der Waals surface area contributed by atoms with Crippen LogP contribution in [0.5, 0.6) is 0 Å². The third kappa shape index (κ3) is 2.90. The predicted octanol–water partition coefficient (Wildman–Crippen LogP) is 2.53. The lowest BCUT2D eigenvalue weighted by Gasteiger charge is -2.21. The molecule has 2 aromatic rings. The Labute approximate surface area is 107 Å². The van der Waals surface area contributed by atoms with Gasteiger partial charge in [-0.3, -0.25) is 0 Å². The van der Waals surface area contributed by atoms with Crippen molar-refractivity contribution in [1.29, 1.82) is 0 Å². The molecule has 0 amide bonds. The lowest BCUT2D eigenvalue weighted by Crippen LogP contribution is -2.39. The number of rotatable bonds is 6. The number of hydrogen-bond donors (Lipinski definition) is 1. The molecule has 0 aliphatic rings. The fourth-order valence-corrected chi connectivity index (χ4v) is 1.99. The minimum atomic E-state index is -0.255. The second kappa shape index (κ2) is 6.00. The van der Waals surface area contributed by atoms with Crippen molar-refractivity contribution in [3.05, 3.63) is 36.1 Å². The van der Waals surface area contributed by atoms with E-state index in [1.165, 1.54) is 0 Å². The summed E-state index contributed by atoms with van der Waals surface area (Å²) in [5.41, 5.74) is 0.914. The Bertz CT molecular complexity index is 457. The number of para-hydroxylation sites is 1. The Kier molecular flexibility index (Phi) is 4.36. The smallest absolute Gasteiger partial charge is 0.171 e. The highest BCUT2D eigenvalue weighted by atomic mass is 16.7. The summed E-state index contributed by atoms with van der Waals surface area (Å²) in [6.45, 7) is 2.67. The Hall–Kier alpha value is -1.36. The summed E-state index contributed by atoms with van der Waals surface area (Å²) in [4.78, 5) is 0. The van der Waals surface area contributed by atoms with Gasteiger partial charge < -0.3 is 19.2 Å². The molecule has 0 aliphatic carbocycles. The van der Waals surface area contributed by atoms with Gasteiger partial charge >= 0.3 is 0 Å². The maximum Gasteiger partial charge on any atom is 0.171 e. The van der Waals surface area contributed by atoms with Crippen molar-refractivity contribution < 1.29 is 13.9 Å². The van der Waals surface area contributed by atoms with Gasteiger partial charge in [-0.25, -0.2) is 0 Å². The Morgan fingerprint density at radius 1 is 1.22 bits per heavy atom. The molecule has 1 N–H and O–H groups in total. The highest BCUT2D eigenvalue weighted by molar-refractivity contribution is 5.77. The molecule has 4 heteroatoms. The fraction of sp³-hybridized carbons (Fsp3) is 0.429. The van der Waals surface area contributed by atoms with Crippen LogP contribution in [0.15, 0.2) is 34.7 Å². The molecule has 1 heterocycles. The third-order valence-electron chi connectivity index (χ3n) is 2.95. The van der Waals surface area contributed by atoms with Gasteiger partial charge in [0.15, 0.2) is 6.29 Å². The number of fused-ring (bicyclic) bond motifs is 1. The van der Waals surface area contributed by atoms with Crippen molar-refractivity contribution >= 4 is 11.0 Å². The molecule has 1 aromatic carbocycles. The van der Waals surface area contributed by atoms with Crippen molar-refractivity contribution in [3.8, 4) is 0 Å². The molecule has 0 spiro atoms. The first kappa shape index (κ1) is 13.1. The number of benzene rings is 1. The SMILES string of the molecule is COC(OC)C(C)NCc1cc2ccccc2o1. The molecular formula is C14H19NO3. The predicted molar refractivity (Wildman–Crippen MR) is 70.3 cm³/mol. The van der Waals surface area contributed by atoms with Crippen LogP contribution < -0.4 is 5.32 Å². The maximum absolute atomic E-state index is 5.72. The summed E-state index contributed by atoms with van der Waals surface area (Å²) in [6, 6.07) is 10.1. The fourth-order valence-electron chi connectivity index (χ4n) is 1.99. The molecular weight excluding hydrogens is 230 g/mol. The largest absolute Gasteiger partial charge is 0.460 e. The lowest BCUT2D eigenvalue weighted by molar-refractivity contribution is -0.119. The number of furan rings is 1. The quantitative estimate of drug-likeness (QED) is 0.799. The van der Waals surface area contributed by atoms with E-state index in [0.717, 1.165) is 16.7 Å². The molecule has 0 saturated carbocycles. The first-order chi connectivity index (χ1) is 8.74. The van der Waals surface area contributed by atoms with Gasteiger partial charge in [-0.2, -0.15) is 0 Å². The van der Waals surface area contributed by atoms with Gasteiger partial charge in [-0.15, -0.1) is 0 Å². The van der Waals surface area contributed by atoms with E-state index in [9.17, 15) is 0 Å². The third-order valence-corrected chi connectivity index (χ3v) is 2.95. The molecule has 0 fully saturated rings. The topological polar surface area (TPSA) is 43.6 Å². The van der Waals surface area contributed by atoms with Crippen LogP contribution in [0.2, 0.25) is 0 Å². The van der Waals surface area contributed by atoms with Crippen LogP contribution in [0.1, 0.15) is 12.7 Å². The van der Waals surface area contributed by atoms with E-state index in [4.69, 9.17) is 13.9 Å². The summed E-state index contributed by atoms with van der Waals surface area (Å²) in [5.74, 6) is 0.911. The van der Waals surface area contributed by atoms with Crippen LogP contribution >= 0.6 is 0 Å². The monoisotopic (exact) mass is 249 g/mol. The highest BCUT2D eigenvalue weighted by Crippen LogP contribution is 2.18. The molecule has 0 saturated heterocycles. The normalized spacial score (nSPS) is 13.3. The molecule has 2 rings (SSSR count). The Morgan fingerprint density at radius 2 is 1.94 bits per heavy atom. The lowest BCUT2D eigenvalue weighted by atomic mass is 10.2. The molecule has 0 radical (unpaired) electrons. The first-order valence-electron chi connectivity index (χ1n) is 6.01. The van der Waals surface area contributed by atoms with Gasteiger partial charge in [0.1, 0.15) is 11.3 Å². The van der Waals surface area contributed by atoms with Crippen LogP contribution in [-0.2, 0) is 16.0 Å². The second-order valence-electron chi connectivity index (χ2n) is 4.26. The van der Waals surface area contributed by atoms with Crippen LogP contribution in [0.4, 0.5) is 0 Å². The summed E-state index contributed by atoms with van der Waals surface area (Å²) in [6.07, 6.45) is -0.255. The number of nitrogens with one attached hydrogen (secondary N) is 1. The first-order valence-corrected chi connectivity index (χ1v) is 6.01. The summed E-state index contributed by atoms with van der Waals surface area (Å²) in [5, 5.41) is 4.44. The average molecular weight is 249 g/mol. The maximum atomic E-state index is 5.72. The summed E-state index contributed by atoms with van der Waals surface area (Å²) >= 11 is 0. The summed E-state index contributed by atoms with van der Waals surface area (Å²) < 4.78 is 16.1. The minimum Gasteiger partial charge on any atom is -0.460 e. The van der Waals surface area contributed by atoms with Crippen molar-refractivity contribution in [1.82, 2.24) is 5.32 Å². The molecule has 1 atom stereocenters. The highest BCUT2D eigenvalue weighted by Gasteiger charge is 2.15. The molecule has 0 aliphatic heterocycles. The van der Waals surface area contributed by atoms with Crippen LogP contribution in [-0.4, -0.2) is 26.6 Å². The van der Waals surface area contributed by atoms with E-state index in [0.29, 0.717) is 6.54 Å². The number of ether oxygens (including phenoxy) is 2. The molecule has 0 bridgehead atoms. The van der Waals surface area contributed by atoms with Gasteiger partial charge in [0.05, 0.1) is 12.6 Å². The van der Waals surface area contributed by atoms with E-state index in [1.807, 2.05) is 37.3 Å². The minimum absolute atomic E-state index is 0.0909. The molecule has 98 valence electrons. The van der Waals surface area contributed by atoms with E-state index in [1.54, 1.807) is 14.2 Å². The molecule has 4 nitrogen and oxygen atoms in total. The molecule has 18 heavy (non-hydrogen) atoms. The second-order valence-corrected chi connectivity index (χ2v) is 4.26. The van der Waals surface area contributed by atoms with E-state index in [-0.39, 0.29) is 12.3 Å². The average Bonchev–Trinajstić information content (AvgIpc) is 2.80. The zero-order chi connectivity index (χ0) is 13.0. The van der Waals surface area contributed by atoms with Gasteiger partial charge in [0.2, 0.25) is 0 Å². The Morgan fingerprint density at radius 3 is 2.61 bits per heavy atom. The van der Waals surface area contributed by atoms with Crippen molar-refractivity contribution in [3.63, 3.8) is 0 Å². The Balaban J connectivity index is 1.97.